The standard InChI is InChI=1S/C9H14F5NO2/c1-2-3-4-15(5-6-16)7(17)8(10,11)9(12,13)14/h16H,2-6H2,1H3. The molecule has 0 fully saturated rings. The maximum atomic E-state index is 12.7. The van der Waals surface area contributed by atoms with E-state index in [2.05, 4.69) is 0 Å². The van der Waals surface area contributed by atoms with E-state index in [9.17, 15) is 26.7 Å². The SMILES string of the molecule is CCCCN(CCO)C(=O)C(F)(F)C(F)(F)F. The van der Waals surface area contributed by atoms with Gasteiger partial charge in [0.1, 0.15) is 0 Å². The summed E-state index contributed by atoms with van der Waals surface area (Å²) in [5.41, 5.74) is 0. The maximum Gasteiger partial charge on any atom is 0.463 e. The Morgan fingerprint density at radius 1 is 1.18 bits per heavy atom. The van der Waals surface area contributed by atoms with Crippen molar-refractivity contribution in [1.29, 1.82) is 0 Å². The molecule has 0 atom stereocenters. The monoisotopic (exact) mass is 263 g/mol. The molecule has 0 spiro atoms. The Kier molecular flexibility index (Phi) is 5.80. The Hall–Kier alpha value is -0.920. The molecule has 0 aliphatic carbocycles. The van der Waals surface area contributed by atoms with Gasteiger partial charge in [0.15, 0.2) is 0 Å². The molecule has 0 bridgehead atoms. The van der Waals surface area contributed by atoms with Gasteiger partial charge in [-0.1, -0.05) is 13.3 Å². The van der Waals surface area contributed by atoms with Crippen molar-refractivity contribution in [2.75, 3.05) is 19.7 Å². The minimum absolute atomic E-state index is 0.235. The molecular formula is C9H14F5NO2. The lowest BCUT2D eigenvalue weighted by atomic mass is 10.2. The lowest BCUT2D eigenvalue weighted by Crippen LogP contribution is -2.53. The van der Waals surface area contributed by atoms with Crippen LogP contribution < -0.4 is 0 Å². The minimum Gasteiger partial charge on any atom is -0.395 e. The van der Waals surface area contributed by atoms with Crippen molar-refractivity contribution in [2.24, 2.45) is 0 Å². The van der Waals surface area contributed by atoms with Crippen LogP contribution in [0.15, 0.2) is 0 Å². The third-order valence-corrected chi connectivity index (χ3v) is 2.06. The average molecular weight is 263 g/mol. The highest BCUT2D eigenvalue weighted by Gasteiger charge is 2.64. The average Bonchev–Trinajstić information content (AvgIpc) is 2.21. The molecule has 0 heterocycles. The van der Waals surface area contributed by atoms with Gasteiger partial charge >= 0.3 is 18.0 Å². The Morgan fingerprint density at radius 2 is 1.71 bits per heavy atom. The zero-order chi connectivity index (χ0) is 13.7. The first kappa shape index (κ1) is 16.1. The number of hydrogen-bond donors (Lipinski definition) is 1. The molecule has 102 valence electrons. The molecule has 0 aromatic carbocycles. The summed E-state index contributed by atoms with van der Waals surface area (Å²) in [5, 5.41) is 8.53. The normalized spacial score (nSPS) is 12.6. The van der Waals surface area contributed by atoms with E-state index in [-0.39, 0.29) is 6.54 Å². The molecule has 17 heavy (non-hydrogen) atoms. The molecule has 1 amide bonds. The molecule has 0 radical (unpaired) electrons. The van der Waals surface area contributed by atoms with Gasteiger partial charge in [-0.05, 0) is 6.42 Å². The van der Waals surface area contributed by atoms with Gasteiger partial charge < -0.3 is 10.0 Å². The number of carbonyl (C=O) groups is 1. The van der Waals surface area contributed by atoms with Gasteiger partial charge in [0.2, 0.25) is 0 Å². The van der Waals surface area contributed by atoms with Crippen molar-refractivity contribution in [3.8, 4) is 0 Å². The maximum absolute atomic E-state index is 12.7. The molecule has 0 aliphatic rings. The number of carbonyl (C=O) groups excluding carboxylic acids is 1. The molecule has 0 aliphatic heterocycles. The smallest absolute Gasteiger partial charge is 0.395 e. The molecule has 0 saturated carbocycles. The largest absolute Gasteiger partial charge is 0.463 e. The van der Waals surface area contributed by atoms with Gasteiger partial charge in [-0.2, -0.15) is 22.0 Å². The van der Waals surface area contributed by atoms with Crippen LogP contribution in [-0.2, 0) is 4.79 Å². The highest BCUT2D eigenvalue weighted by Crippen LogP contribution is 2.36. The summed E-state index contributed by atoms with van der Waals surface area (Å²) in [6.07, 6.45) is -5.09. The second kappa shape index (κ2) is 6.13. The summed E-state index contributed by atoms with van der Waals surface area (Å²) < 4.78 is 61.3. The highest BCUT2D eigenvalue weighted by atomic mass is 19.4. The van der Waals surface area contributed by atoms with Crippen LogP contribution in [0.1, 0.15) is 19.8 Å². The first-order valence-corrected chi connectivity index (χ1v) is 5.03. The van der Waals surface area contributed by atoms with Crippen LogP contribution in [0.4, 0.5) is 22.0 Å². The Bertz CT molecular complexity index is 254. The third-order valence-electron chi connectivity index (χ3n) is 2.06. The summed E-state index contributed by atoms with van der Waals surface area (Å²) in [5.74, 6) is -7.72. The zero-order valence-corrected chi connectivity index (χ0v) is 9.23. The molecule has 0 saturated heterocycles. The first-order chi connectivity index (χ1) is 7.68. The summed E-state index contributed by atoms with van der Waals surface area (Å²) in [6.45, 7) is 0.263. The van der Waals surface area contributed by atoms with E-state index in [1.165, 1.54) is 0 Å². The number of aliphatic hydroxyl groups excluding tert-OH is 1. The van der Waals surface area contributed by atoms with E-state index < -0.39 is 31.2 Å². The van der Waals surface area contributed by atoms with E-state index >= 15 is 0 Å². The first-order valence-electron chi connectivity index (χ1n) is 5.03. The summed E-state index contributed by atoms with van der Waals surface area (Å²) in [7, 11) is 0. The number of hydrogen-bond acceptors (Lipinski definition) is 2. The second-order valence-electron chi connectivity index (χ2n) is 3.44. The van der Waals surface area contributed by atoms with E-state index in [4.69, 9.17) is 5.11 Å². The molecule has 3 nitrogen and oxygen atoms in total. The van der Waals surface area contributed by atoms with E-state index in [0.29, 0.717) is 17.7 Å². The van der Waals surface area contributed by atoms with Gasteiger partial charge in [-0.15, -0.1) is 0 Å². The van der Waals surface area contributed by atoms with Crippen molar-refractivity contribution in [1.82, 2.24) is 4.90 Å². The Morgan fingerprint density at radius 3 is 2.06 bits per heavy atom. The molecule has 0 aromatic rings. The summed E-state index contributed by atoms with van der Waals surface area (Å²) >= 11 is 0. The Balaban J connectivity index is 4.81. The number of aliphatic hydroxyl groups is 1. The van der Waals surface area contributed by atoms with Crippen LogP contribution in [0.3, 0.4) is 0 Å². The number of nitrogens with zero attached hydrogens (tertiary/aromatic N) is 1. The number of amides is 1. The van der Waals surface area contributed by atoms with Crippen molar-refractivity contribution in [3.05, 3.63) is 0 Å². The van der Waals surface area contributed by atoms with Gasteiger partial charge in [0, 0.05) is 13.1 Å². The van der Waals surface area contributed by atoms with Gasteiger partial charge in [0.25, 0.3) is 0 Å². The lowest BCUT2D eigenvalue weighted by molar-refractivity contribution is -0.274. The summed E-state index contributed by atoms with van der Waals surface area (Å²) in [4.78, 5) is 11.4. The fourth-order valence-electron chi connectivity index (χ4n) is 1.10. The topological polar surface area (TPSA) is 40.5 Å². The van der Waals surface area contributed by atoms with E-state index in [1.807, 2.05) is 0 Å². The van der Waals surface area contributed by atoms with Crippen molar-refractivity contribution >= 4 is 5.91 Å². The van der Waals surface area contributed by atoms with E-state index in [0.717, 1.165) is 0 Å². The molecule has 0 aromatic heterocycles. The predicted molar refractivity (Wildman–Crippen MR) is 49.6 cm³/mol. The second-order valence-corrected chi connectivity index (χ2v) is 3.44. The zero-order valence-electron chi connectivity index (χ0n) is 9.23. The number of halogens is 5. The van der Waals surface area contributed by atoms with Crippen molar-refractivity contribution in [2.45, 2.75) is 31.9 Å². The van der Waals surface area contributed by atoms with Crippen molar-refractivity contribution < 1.29 is 31.9 Å². The molecule has 0 rings (SSSR count). The van der Waals surface area contributed by atoms with E-state index in [1.54, 1.807) is 6.92 Å². The quantitative estimate of drug-likeness (QED) is 0.742. The summed E-state index contributed by atoms with van der Waals surface area (Å²) in [6, 6.07) is 0. The third kappa shape index (κ3) is 4.10. The molecular weight excluding hydrogens is 249 g/mol. The van der Waals surface area contributed by atoms with Crippen LogP contribution in [0.25, 0.3) is 0 Å². The number of rotatable bonds is 6. The van der Waals surface area contributed by atoms with Crippen LogP contribution in [0.2, 0.25) is 0 Å². The number of unbranched alkanes of at least 4 members (excludes halogenated alkanes) is 1. The molecule has 0 unspecified atom stereocenters. The van der Waals surface area contributed by atoms with Crippen molar-refractivity contribution in [3.63, 3.8) is 0 Å². The van der Waals surface area contributed by atoms with Gasteiger partial charge in [-0.25, -0.2) is 0 Å². The highest BCUT2D eigenvalue weighted by molar-refractivity contribution is 5.84. The lowest BCUT2D eigenvalue weighted by Gasteiger charge is -2.27. The number of alkyl halides is 5. The van der Waals surface area contributed by atoms with Crippen LogP contribution in [0, 0.1) is 0 Å². The molecule has 1 N–H and O–H groups in total. The Labute approximate surface area is 95.2 Å². The van der Waals surface area contributed by atoms with Gasteiger partial charge in [-0.3, -0.25) is 4.79 Å². The van der Waals surface area contributed by atoms with Crippen LogP contribution in [-0.4, -0.2) is 47.7 Å². The minimum atomic E-state index is -5.91. The van der Waals surface area contributed by atoms with Crippen LogP contribution in [0.5, 0.6) is 0 Å². The van der Waals surface area contributed by atoms with Crippen LogP contribution >= 0.6 is 0 Å². The molecule has 8 heteroatoms. The predicted octanol–water partition coefficient (Wildman–Crippen LogP) is 1.81. The van der Waals surface area contributed by atoms with Gasteiger partial charge in [0.05, 0.1) is 6.61 Å². The fraction of sp³-hybridized carbons (Fsp3) is 0.889. The fourth-order valence-corrected chi connectivity index (χ4v) is 1.10.